The monoisotopic (exact) mass is 638 g/mol. The first-order valence-electron chi connectivity index (χ1n) is 13.0. The lowest BCUT2D eigenvalue weighted by Crippen LogP contribution is -2.71. The Labute approximate surface area is 227 Å². The van der Waals surface area contributed by atoms with Crippen LogP contribution in [-0.2, 0) is 9.53 Å². The van der Waals surface area contributed by atoms with Gasteiger partial charge in [-0.2, -0.15) is 65.9 Å². The zero-order valence-electron chi connectivity index (χ0n) is 22.1. The van der Waals surface area contributed by atoms with Crippen LogP contribution < -0.4 is 0 Å². The quantitative estimate of drug-likeness (QED) is 0.0711. The SMILES string of the molecule is CCCCCCCCCCCCCCCC(=O)OC(F)(F)C(F)(F)C(F)(F)C(F)(F)C(F)(F)C(F)(F)CC(F)(F)F. The molecule has 0 aromatic rings. The minimum absolute atomic E-state index is 0.156. The molecule has 0 fully saturated rings. The van der Waals surface area contributed by atoms with Gasteiger partial charge in [-0.15, -0.1) is 0 Å². The first kappa shape index (κ1) is 39.4. The highest BCUT2D eigenvalue weighted by atomic mass is 19.4. The number of ether oxygens (including phenoxy) is 1. The molecule has 0 unspecified atom stereocenters. The van der Waals surface area contributed by atoms with Gasteiger partial charge in [0, 0.05) is 6.42 Å². The Bertz CT molecular complexity index is 780. The van der Waals surface area contributed by atoms with Crippen molar-refractivity contribution in [3.05, 3.63) is 0 Å². The van der Waals surface area contributed by atoms with Crippen molar-refractivity contribution in [3.63, 3.8) is 0 Å². The molecule has 0 bridgehead atoms. The molecule has 0 saturated heterocycles. The van der Waals surface area contributed by atoms with Crippen molar-refractivity contribution in [2.75, 3.05) is 0 Å². The summed E-state index contributed by atoms with van der Waals surface area (Å²) in [7, 11) is 0. The van der Waals surface area contributed by atoms with E-state index in [0.717, 1.165) is 51.4 Å². The van der Waals surface area contributed by atoms with Crippen LogP contribution in [-0.4, -0.2) is 47.9 Å². The van der Waals surface area contributed by atoms with Gasteiger partial charge >= 0.3 is 47.9 Å². The Kier molecular flexibility index (Phi) is 14.6. The van der Waals surface area contributed by atoms with Crippen molar-refractivity contribution in [2.24, 2.45) is 0 Å². The number of hydrogen-bond donors (Lipinski definition) is 0. The number of carbonyl (C=O) groups is 1. The Morgan fingerprint density at radius 3 is 1.20 bits per heavy atom. The van der Waals surface area contributed by atoms with E-state index in [0.29, 0.717) is 12.8 Å². The molecule has 246 valence electrons. The summed E-state index contributed by atoms with van der Waals surface area (Å²) in [6, 6.07) is 0. The molecule has 2 nitrogen and oxygen atoms in total. The molecule has 41 heavy (non-hydrogen) atoms. The predicted octanol–water partition coefficient (Wildman–Crippen LogP) is 10.7. The second kappa shape index (κ2) is 15.2. The maximum atomic E-state index is 13.7. The average Bonchev–Trinajstić information content (AvgIpc) is 2.79. The van der Waals surface area contributed by atoms with E-state index >= 15 is 0 Å². The maximum Gasteiger partial charge on any atom is 0.473 e. The normalized spacial score (nSPS) is 14.4. The van der Waals surface area contributed by atoms with Crippen molar-refractivity contribution in [1.82, 2.24) is 0 Å². The highest BCUT2D eigenvalue weighted by molar-refractivity contribution is 5.69. The molecule has 0 aromatic carbocycles. The Hall–Kier alpha value is -1.58. The summed E-state index contributed by atoms with van der Waals surface area (Å²) in [6.45, 7) is 2.10. The Morgan fingerprint density at radius 2 is 0.829 bits per heavy atom. The van der Waals surface area contributed by atoms with Gasteiger partial charge in [-0.25, -0.2) is 0 Å². The maximum absolute atomic E-state index is 13.7. The molecule has 0 rings (SSSR count). The standard InChI is InChI=1S/C24H33F15O2/c1-2-3-4-5-6-7-8-9-10-11-12-13-14-15-17(40)41-24(38,39)23(36,37)22(34,35)21(32,33)20(30,31)18(25,26)16-19(27,28)29/h2-16H2,1H3. The fourth-order valence-electron chi connectivity index (χ4n) is 3.71. The summed E-state index contributed by atoms with van der Waals surface area (Å²) >= 11 is 0. The molecule has 0 aromatic heterocycles. The molecular weight excluding hydrogens is 605 g/mol. The number of hydrogen-bond acceptors (Lipinski definition) is 2. The van der Waals surface area contributed by atoms with Gasteiger partial charge in [0.2, 0.25) is 0 Å². The van der Waals surface area contributed by atoms with Crippen molar-refractivity contribution >= 4 is 5.97 Å². The largest absolute Gasteiger partial charge is 0.473 e. The molecule has 0 atom stereocenters. The van der Waals surface area contributed by atoms with Gasteiger partial charge in [0.05, 0.1) is 0 Å². The van der Waals surface area contributed by atoms with Crippen LogP contribution in [0.25, 0.3) is 0 Å². The third-order valence-corrected chi connectivity index (χ3v) is 6.16. The second-order valence-corrected chi connectivity index (χ2v) is 9.78. The highest BCUT2D eigenvalue weighted by Crippen LogP contribution is 2.61. The van der Waals surface area contributed by atoms with E-state index in [1.165, 1.54) is 6.42 Å². The van der Waals surface area contributed by atoms with Crippen LogP contribution in [0.15, 0.2) is 0 Å². The zero-order valence-corrected chi connectivity index (χ0v) is 22.1. The van der Waals surface area contributed by atoms with E-state index in [4.69, 9.17) is 0 Å². The van der Waals surface area contributed by atoms with Crippen molar-refractivity contribution in [3.8, 4) is 0 Å². The van der Waals surface area contributed by atoms with Crippen molar-refractivity contribution < 1.29 is 75.4 Å². The summed E-state index contributed by atoms with van der Waals surface area (Å²) in [5, 5.41) is 0. The fraction of sp³-hybridized carbons (Fsp3) is 0.958. The van der Waals surface area contributed by atoms with Crippen LogP contribution in [0.4, 0.5) is 65.9 Å². The molecule has 0 N–H and O–H groups in total. The van der Waals surface area contributed by atoms with E-state index in [1.807, 2.05) is 0 Å². The third-order valence-electron chi connectivity index (χ3n) is 6.16. The lowest BCUT2D eigenvalue weighted by Gasteiger charge is -2.40. The van der Waals surface area contributed by atoms with Crippen LogP contribution in [0.1, 0.15) is 103 Å². The second-order valence-electron chi connectivity index (χ2n) is 9.78. The van der Waals surface area contributed by atoms with E-state index in [9.17, 15) is 70.7 Å². The van der Waals surface area contributed by atoms with Gasteiger partial charge in [0.25, 0.3) is 0 Å². The summed E-state index contributed by atoms with van der Waals surface area (Å²) in [4.78, 5) is 11.4. The van der Waals surface area contributed by atoms with E-state index in [2.05, 4.69) is 11.7 Å². The lowest BCUT2D eigenvalue weighted by molar-refractivity contribution is -0.453. The van der Waals surface area contributed by atoms with E-state index < -0.39 is 60.7 Å². The van der Waals surface area contributed by atoms with Crippen LogP contribution in [0.2, 0.25) is 0 Å². The Morgan fingerprint density at radius 1 is 0.488 bits per heavy atom. The number of halogens is 15. The minimum atomic E-state index is -8.18. The molecule has 0 spiro atoms. The van der Waals surface area contributed by atoms with Crippen molar-refractivity contribution in [1.29, 1.82) is 0 Å². The van der Waals surface area contributed by atoms with Gasteiger partial charge in [-0.3, -0.25) is 4.79 Å². The highest BCUT2D eigenvalue weighted by Gasteiger charge is 2.91. The van der Waals surface area contributed by atoms with Crippen LogP contribution in [0, 0.1) is 0 Å². The summed E-state index contributed by atoms with van der Waals surface area (Å²) < 4.78 is 202. The predicted molar refractivity (Wildman–Crippen MR) is 117 cm³/mol. The average molecular weight is 638 g/mol. The first-order chi connectivity index (χ1) is 18.4. The van der Waals surface area contributed by atoms with Gasteiger partial charge in [0.1, 0.15) is 6.42 Å². The molecule has 17 heteroatoms. The third kappa shape index (κ3) is 10.6. The smallest absolute Gasteiger partial charge is 0.396 e. The lowest BCUT2D eigenvalue weighted by atomic mass is 9.92. The molecule has 0 heterocycles. The minimum Gasteiger partial charge on any atom is -0.396 e. The summed E-state index contributed by atoms with van der Waals surface area (Å²) in [6.07, 6.45) is -8.23. The van der Waals surface area contributed by atoms with Crippen molar-refractivity contribution in [2.45, 2.75) is 145 Å². The topological polar surface area (TPSA) is 26.3 Å². The zero-order chi connectivity index (χ0) is 32.4. The molecule has 0 saturated carbocycles. The molecule has 0 aliphatic carbocycles. The molecule has 0 aliphatic rings. The fourth-order valence-corrected chi connectivity index (χ4v) is 3.71. The molecule has 0 radical (unpaired) electrons. The number of rotatable bonds is 21. The van der Waals surface area contributed by atoms with Crippen LogP contribution in [0.5, 0.6) is 0 Å². The first-order valence-corrected chi connectivity index (χ1v) is 13.0. The molecular formula is C24H33F15O2. The summed E-state index contributed by atoms with van der Waals surface area (Å²) in [5.41, 5.74) is 0. The van der Waals surface area contributed by atoms with E-state index in [-0.39, 0.29) is 12.8 Å². The van der Waals surface area contributed by atoms with Gasteiger partial charge in [-0.1, -0.05) is 84.0 Å². The number of esters is 1. The number of carbonyl (C=O) groups excluding carboxylic acids is 1. The van der Waals surface area contributed by atoms with Crippen LogP contribution >= 0.6 is 0 Å². The summed E-state index contributed by atoms with van der Waals surface area (Å²) in [5.74, 6) is -41.4. The molecule has 0 aliphatic heterocycles. The number of alkyl halides is 15. The van der Waals surface area contributed by atoms with Gasteiger partial charge < -0.3 is 4.74 Å². The van der Waals surface area contributed by atoms with Gasteiger partial charge in [-0.05, 0) is 6.42 Å². The number of unbranched alkanes of at least 4 members (excludes halogenated alkanes) is 12. The van der Waals surface area contributed by atoms with Crippen LogP contribution in [0.3, 0.4) is 0 Å². The Balaban J connectivity index is 4.96. The van der Waals surface area contributed by atoms with E-state index in [1.54, 1.807) is 0 Å². The van der Waals surface area contributed by atoms with Gasteiger partial charge in [0.15, 0.2) is 0 Å². The molecule has 0 amide bonds.